The lowest BCUT2D eigenvalue weighted by Gasteiger charge is -2.28. The van der Waals surface area contributed by atoms with Crippen LogP contribution in [0.15, 0.2) is 42.5 Å². The minimum Gasteiger partial charge on any atom is -0.497 e. The van der Waals surface area contributed by atoms with Gasteiger partial charge in [0.15, 0.2) is 0 Å². The molecule has 0 saturated heterocycles. The van der Waals surface area contributed by atoms with E-state index in [1.54, 1.807) is 24.7 Å². The molecule has 0 aliphatic carbocycles. The zero-order valence-electron chi connectivity index (χ0n) is 15.1. The second-order valence-electron chi connectivity index (χ2n) is 6.39. The van der Waals surface area contributed by atoms with Gasteiger partial charge in [0.05, 0.1) is 7.11 Å². The van der Waals surface area contributed by atoms with Crippen molar-refractivity contribution in [2.45, 2.75) is 32.5 Å². The number of hydrogen-bond donors (Lipinski definition) is 2. The molecule has 138 valence electrons. The highest BCUT2D eigenvalue weighted by Crippen LogP contribution is 2.28. The van der Waals surface area contributed by atoms with Crippen LogP contribution in [0.1, 0.15) is 34.8 Å². The molecule has 0 unspecified atom stereocenters. The summed E-state index contributed by atoms with van der Waals surface area (Å²) in [6.45, 7) is 4.25. The van der Waals surface area contributed by atoms with Crippen LogP contribution in [0, 0.1) is 0 Å². The maximum absolute atomic E-state index is 11.6. The van der Waals surface area contributed by atoms with Crippen molar-refractivity contribution >= 4 is 5.91 Å². The zero-order chi connectivity index (χ0) is 18.5. The molecule has 0 aromatic heterocycles. The summed E-state index contributed by atoms with van der Waals surface area (Å²) in [4.78, 5) is 14.0. The predicted molar refractivity (Wildman–Crippen MR) is 97.5 cm³/mol. The van der Waals surface area contributed by atoms with Crippen LogP contribution in [0.25, 0.3) is 0 Å². The minimum atomic E-state index is -0.539. The Bertz CT molecular complexity index is 761. The van der Waals surface area contributed by atoms with E-state index in [-0.39, 0.29) is 6.04 Å². The van der Waals surface area contributed by atoms with Gasteiger partial charge in [0.2, 0.25) is 0 Å². The Balaban J connectivity index is 1.82. The Hall–Kier alpha value is -2.57. The van der Waals surface area contributed by atoms with Gasteiger partial charge in [-0.1, -0.05) is 25.1 Å². The fourth-order valence-corrected chi connectivity index (χ4v) is 3.19. The molecule has 1 aliphatic rings. The van der Waals surface area contributed by atoms with E-state index in [1.807, 2.05) is 18.2 Å². The first-order chi connectivity index (χ1) is 12.6. The van der Waals surface area contributed by atoms with Gasteiger partial charge in [-0.2, -0.15) is 0 Å². The molecule has 2 aromatic carbocycles. The molecular weight excluding hydrogens is 332 g/mol. The molecule has 1 amide bonds. The summed E-state index contributed by atoms with van der Waals surface area (Å²) in [6.07, 6.45) is 0.966. The Morgan fingerprint density at radius 3 is 2.73 bits per heavy atom. The van der Waals surface area contributed by atoms with Crippen molar-refractivity contribution < 1.29 is 19.5 Å². The van der Waals surface area contributed by atoms with Crippen LogP contribution < -0.4 is 15.0 Å². The smallest absolute Gasteiger partial charge is 0.274 e. The summed E-state index contributed by atoms with van der Waals surface area (Å²) >= 11 is 0. The number of methoxy groups -OCH3 is 1. The molecular formula is C20H24N2O4. The number of carbonyl (C=O) groups excluding carboxylic acids is 1. The third kappa shape index (κ3) is 3.98. The van der Waals surface area contributed by atoms with Crippen LogP contribution in [0.3, 0.4) is 0 Å². The molecule has 2 aromatic rings. The van der Waals surface area contributed by atoms with Crippen molar-refractivity contribution in [1.29, 1.82) is 0 Å². The van der Waals surface area contributed by atoms with Crippen LogP contribution in [-0.4, -0.2) is 35.8 Å². The summed E-state index contributed by atoms with van der Waals surface area (Å²) in [5.41, 5.74) is 4.28. The Morgan fingerprint density at radius 1 is 1.31 bits per heavy atom. The summed E-state index contributed by atoms with van der Waals surface area (Å²) in [5.74, 6) is 1.00. The normalized spacial score (nSPS) is 17.0. The molecule has 1 aliphatic heterocycles. The molecule has 1 atom stereocenters. The molecule has 6 nitrogen and oxygen atoms in total. The molecule has 0 saturated carbocycles. The second-order valence-corrected chi connectivity index (χ2v) is 6.39. The molecule has 0 radical (unpaired) electrons. The average Bonchev–Trinajstić information content (AvgIpc) is 2.86. The quantitative estimate of drug-likeness (QED) is 0.637. The van der Waals surface area contributed by atoms with Gasteiger partial charge in [0.1, 0.15) is 18.1 Å². The summed E-state index contributed by atoms with van der Waals surface area (Å²) in [7, 11) is 1.66. The van der Waals surface area contributed by atoms with Crippen LogP contribution in [0.4, 0.5) is 0 Å². The summed E-state index contributed by atoms with van der Waals surface area (Å²) < 4.78 is 11.2. The highest BCUT2D eigenvalue weighted by atomic mass is 16.5. The number of hydrogen-bond acceptors (Lipinski definition) is 5. The average molecular weight is 356 g/mol. The van der Waals surface area contributed by atoms with Crippen LogP contribution in [0.2, 0.25) is 0 Å². The van der Waals surface area contributed by atoms with Gasteiger partial charge < -0.3 is 9.47 Å². The summed E-state index contributed by atoms with van der Waals surface area (Å²) in [5, 5.41) is 8.81. The maximum atomic E-state index is 11.6. The van der Waals surface area contributed by atoms with Crippen molar-refractivity contribution in [1.82, 2.24) is 10.4 Å². The third-order valence-corrected chi connectivity index (χ3v) is 4.77. The van der Waals surface area contributed by atoms with Crippen LogP contribution in [0.5, 0.6) is 11.5 Å². The first-order valence-electron chi connectivity index (χ1n) is 8.71. The number of carbonyl (C=O) groups is 1. The molecule has 3 rings (SSSR count). The highest BCUT2D eigenvalue weighted by molar-refractivity contribution is 5.93. The van der Waals surface area contributed by atoms with E-state index in [1.165, 1.54) is 5.56 Å². The topological polar surface area (TPSA) is 71.0 Å². The van der Waals surface area contributed by atoms with Crippen LogP contribution >= 0.6 is 0 Å². The number of amides is 1. The number of benzene rings is 2. The van der Waals surface area contributed by atoms with Crippen molar-refractivity contribution in [2.24, 2.45) is 0 Å². The Labute approximate surface area is 153 Å². The van der Waals surface area contributed by atoms with Gasteiger partial charge in [-0.15, -0.1) is 0 Å². The highest BCUT2D eigenvalue weighted by Gasteiger charge is 2.24. The van der Waals surface area contributed by atoms with Gasteiger partial charge in [0, 0.05) is 30.3 Å². The van der Waals surface area contributed by atoms with E-state index in [9.17, 15) is 4.79 Å². The largest absolute Gasteiger partial charge is 0.497 e. The van der Waals surface area contributed by atoms with Crippen molar-refractivity contribution in [3.05, 3.63) is 59.2 Å². The van der Waals surface area contributed by atoms with E-state index < -0.39 is 5.91 Å². The van der Waals surface area contributed by atoms with E-state index in [0.717, 1.165) is 30.8 Å². The van der Waals surface area contributed by atoms with Gasteiger partial charge in [0.25, 0.3) is 5.91 Å². The lowest BCUT2D eigenvalue weighted by atomic mass is 10.1. The maximum Gasteiger partial charge on any atom is 0.274 e. The first-order valence-corrected chi connectivity index (χ1v) is 8.71. The van der Waals surface area contributed by atoms with Crippen LogP contribution in [-0.2, 0) is 13.1 Å². The molecule has 26 heavy (non-hydrogen) atoms. The van der Waals surface area contributed by atoms with Crippen molar-refractivity contribution in [3.8, 4) is 11.5 Å². The minimum absolute atomic E-state index is 0.277. The Morgan fingerprint density at radius 2 is 2.08 bits per heavy atom. The number of ether oxygens (including phenoxy) is 2. The summed E-state index contributed by atoms with van der Waals surface area (Å²) in [6, 6.07) is 13.6. The van der Waals surface area contributed by atoms with Crippen molar-refractivity contribution in [2.75, 3.05) is 13.7 Å². The number of fused-ring (bicyclic) bond motifs is 1. The fraction of sp³-hybridized carbons (Fsp3) is 0.350. The van der Waals surface area contributed by atoms with Gasteiger partial charge >= 0.3 is 0 Å². The molecule has 1 heterocycles. The predicted octanol–water partition coefficient (Wildman–Crippen LogP) is 2.99. The molecule has 0 spiro atoms. The molecule has 2 N–H and O–H groups in total. The number of hydroxylamine groups is 1. The van der Waals surface area contributed by atoms with Gasteiger partial charge in [-0.3, -0.25) is 14.9 Å². The number of nitrogens with one attached hydrogen (secondary N) is 1. The lowest BCUT2D eigenvalue weighted by Crippen LogP contribution is -2.36. The lowest BCUT2D eigenvalue weighted by molar-refractivity contribution is 0.0706. The third-order valence-electron chi connectivity index (χ3n) is 4.77. The van der Waals surface area contributed by atoms with Crippen molar-refractivity contribution in [3.63, 3.8) is 0 Å². The molecule has 0 fully saturated rings. The zero-order valence-corrected chi connectivity index (χ0v) is 15.1. The molecule has 0 bridgehead atoms. The second kappa shape index (κ2) is 8.21. The fourth-order valence-electron chi connectivity index (χ4n) is 3.19. The standard InChI is InChI=1S/C20H24N2O4/c1-3-17-13-26-19-10-15(20(23)21-24)6-7-16(19)12-22(17)11-14-4-8-18(25-2)9-5-14/h4-10,17,24H,3,11-13H2,1-2H3,(H,21,23)/t17-/m1/s1. The van der Waals surface area contributed by atoms with E-state index >= 15 is 0 Å². The van der Waals surface area contributed by atoms with E-state index in [2.05, 4.69) is 24.0 Å². The monoisotopic (exact) mass is 356 g/mol. The molecule has 6 heteroatoms. The Kier molecular flexibility index (Phi) is 5.75. The van der Waals surface area contributed by atoms with Gasteiger partial charge in [-0.25, -0.2) is 5.48 Å². The van der Waals surface area contributed by atoms with E-state index in [0.29, 0.717) is 17.9 Å². The SMILES string of the molecule is CC[C@@H]1COc2cc(C(=O)NO)ccc2CN1Cc1ccc(OC)cc1. The van der Waals surface area contributed by atoms with E-state index in [4.69, 9.17) is 14.7 Å². The van der Waals surface area contributed by atoms with Gasteiger partial charge in [-0.05, 0) is 36.2 Å². The first kappa shape index (κ1) is 18.2. The number of nitrogens with zero attached hydrogens (tertiary/aromatic N) is 1. The number of rotatable bonds is 5.